The van der Waals surface area contributed by atoms with Crippen LogP contribution in [-0.4, -0.2) is 28.6 Å². The lowest BCUT2D eigenvalue weighted by atomic mass is 9.94. The zero-order chi connectivity index (χ0) is 27.6. The van der Waals surface area contributed by atoms with Gasteiger partial charge in [-0.05, 0) is 53.8 Å². The van der Waals surface area contributed by atoms with E-state index in [-0.39, 0.29) is 13.0 Å². The molecule has 0 radical (unpaired) electrons. The summed E-state index contributed by atoms with van der Waals surface area (Å²) in [6.45, 7) is 5.30. The van der Waals surface area contributed by atoms with E-state index in [1.807, 2.05) is 105 Å². The topological polar surface area (TPSA) is 76.1 Å². The molecular weight excluding hydrogens is 490 g/mol. The van der Waals surface area contributed by atoms with Gasteiger partial charge in [0.15, 0.2) is 0 Å². The molecule has 6 heteroatoms. The summed E-state index contributed by atoms with van der Waals surface area (Å²) in [5.41, 5.74) is 6.26. The fourth-order valence-corrected chi connectivity index (χ4v) is 4.37. The number of rotatable bonds is 11. The van der Waals surface area contributed by atoms with Gasteiger partial charge in [0, 0.05) is 18.7 Å². The first-order valence-corrected chi connectivity index (χ1v) is 13.0. The summed E-state index contributed by atoms with van der Waals surface area (Å²) in [6, 6.07) is 31.0. The summed E-state index contributed by atoms with van der Waals surface area (Å²) >= 11 is 0. The molecule has 4 aromatic carbocycles. The third kappa shape index (κ3) is 7.71. The molecule has 0 fully saturated rings. The van der Waals surface area contributed by atoms with Crippen molar-refractivity contribution in [2.45, 2.75) is 40.0 Å². The number of amides is 1. The quantitative estimate of drug-likeness (QED) is 0.228. The number of carbonyl (C=O) groups excluding carboxylic acids is 1. The van der Waals surface area contributed by atoms with E-state index in [1.54, 1.807) is 11.0 Å². The van der Waals surface area contributed by atoms with Gasteiger partial charge < -0.3 is 19.5 Å². The van der Waals surface area contributed by atoms with E-state index in [0.717, 1.165) is 33.4 Å². The number of carboxylic acids is 1. The van der Waals surface area contributed by atoms with Crippen molar-refractivity contribution >= 4 is 12.1 Å². The molecule has 0 aliphatic rings. The van der Waals surface area contributed by atoms with Crippen LogP contribution in [-0.2, 0) is 35.7 Å². The molecule has 1 amide bonds. The molecule has 0 unspecified atom stereocenters. The van der Waals surface area contributed by atoms with Crippen LogP contribution < -0.4 is 4.74 Å². The molecule has 0 bridgehead atoms. The number of benzene rings is 4. The maximum Gasteiger partial charge on any atom is 0.410 e. The van der Waals surface area contributed by atoms with Gasteiger partial charge in [-0.15, -0.1) is 0 Å². The Hall–Kier alpha value is -4.58. The number of carbonyl (C=O) groups is 2. The van der Waals surface area contributed by atoms with Crippen molar-refractivity contribution in [3.8, 4) is 16.9 Å². The largest absolute Gasteiger partial charge is 0.488 e. The van der Waals surface area contributed by atoms with E-state index < -0.39 is 12.1 Å². The van der Waals surface area contributed by atoms with E-state index in [2.05, 4.69) is 0 Å². The highest BCUT2D eigenvalue weighted by molar-refractivity contribution is 5.77. The van der Waals surface area contributed by atoms with Gasteiger partial charge in [-0.2, -0.15) is 0 Å². The van der Waals surface area contributed by atoms with Gasteiger partial charge in [-0.25, -0.2) is 4.79 Å². The fourth-order valence-electron chi connectivity index (χ4n) is 4.37. The minimum absolute atomic E-state index is 0.0972. The van der Waals surface area contributed by atoms with E-state index >= 15 is 0 Å². The Bertz CT molecular complexity index is 1400. The van der Waals surface area contributed by atoms with E-state index in [1.165, 1.54) is 0 Å². The van der Waals surface area contributed by atoms with Crippen LogP contribution in [0.5, 0.6) is 5.75 Å². The predicted molar refractivity (Wildman–Crippen MR) is 151 cm³/mol. The van der Waals surface area contributed by atoms with Gasteiger partial charge in [0.1, 0.15) is 19.0 Å². The van der Waals surface area contributed by atoms with Crippen LogP contribution in [0.15, 0.2) is 97.1 Å². The summed E-state index contributed by atoms with van der Waals surface area (Å²) in [5.74, 6) is -0.255. The van der Waals surface area contributed by atoms with Gasteiger partial charge in [0.25, 0.3) is 0 Å². The molecular formula is C33H33NO5. The Labute approximate surface area is 229 Å². The summed E-state index contributed by atoms with van der Waals surface area (Å²) in [6.07, 6.45) is -0.492. The first kappa shape index (κ1) is 27.5. The second-order valence-corrected chi connectivity index (χ2v) is 9.39. The minimum atomic E-state index is -0.902. The lowest BCUT2D eigenvalue weighted by Crippen LogP contribution is -2.31. The first-order valence-electron chi connectivity index (χ1n) is 13.0. The summed E-state index contributed by atoms with van der Waals surface area (Å²) in [5, 5.41) is 9.40. The third-order valence-electron chi connectivity index (χ3n) is 6.39. The van der Waals surface area contributed by atoms with Crippen LogP contribution in [0, 0.1) is 6.92 Å². The van der Waals surface area contributed by atoms with Gasteiger partial charge in [-0.3, -0.25) is 4.79 Å². The zero-order valence-electron chi connectivity index (χ0n) is 22.3. The fraction of sp³-hybridized carbons (Fsp3) is 0.212. The van der Waals surface area contributed by atoms with E-state index in [9.17, 15) is 14.7 Å². The van der Waals surface area contributed by atoms with Crippen molar-refractivity contribution < 1.29 is 24.2 Å². The van der Waals surface area contributed by atoms with Crippen LogP contribution in [0.1, 0.15) is 34.7 Å². The molecule has 0 saturated heterocycles. The number of nitrogens with zero attached hydrogens (tertiary/aromatic N) is 1. The standard InChI is InChI=1S/C33H33NO5/c1-3-34(33(37)39-23-26-12-8-5-9-13-26)21-28-18-24(2)14-16-29(28)30-19-27(20-32(35)36)15-17-31(30)38-22-25-10-6-4-7-11-25/h4-19H,3,20-23H2,1-2H3,(H,35,36). The first-order chi connectivity index (χ1) is 18.9. The number of hydrogen-bond donors (Lipinski definition) is 1. The molecule has 39 heavy (non-hydrogen) atoms. The van der Waals surface area contributed by atoms with Gasteiger partial charge >= 0.3 is 12.1 Å². The average Bonchev–Trinajstić information content (AvgIpc) is 2.95. The third-order valence-corrected chi connectivity index (χ3v) is 6.39. The Kier molecular flexibility index (Phi) is 9.35. The van der Waals surface area contributed by atoms with Crippen LogP contribution >= 0.6 is 0 Å². The van der Waals surface area contributed by atoms with Crippen LogP contribution in [0.25, 0.3) is 11.1 Å². The van der Waals surface area contributed by atoms with Crippen molar-refractivity contribution in [2.24, 2.45) is 0 Å². The van der Waals surface area contributed by atoms with Gasteiger partial charge in [0.05, 0.1) is 6.42 Å². The smallest absolute Gasteiger partial charge is 0.410 e. The molecule has 4 rings (SSSR count). The maximum atomic E-state index is 13.0. The molecule has 6 nitrogen and oxygen atoms in total. The highest BCUT2D eigenvalue weighted by atomic mass is 16.6. The number of aliphatic carboxylic acids is 1. The molecule has 200 valence electrons. The van der Waals surface area contributed by atoms with Crippen molar-refractivity contribution in [1.82, 2.24) is 4.90 Å². The maximum absolute atomic E-state index is 13.0. The van der Waals surface area contributed by atoms with Crippen molar-refractivity contribution in [3.63, 3.8) is 0 Å². The highest BCUT2D eigenvalue weighted by Crippen LogP contribution is 2.35. The summed E-state index contributed by atoms with van der Waals surface area (Å²) in [4.78, 5) is 26.1. The van der Waals surface area contributed by atoms with Crippen molar-refractivity contribution in [2.75, 3.05) is 6.54 Å². The Morgan fingerprint density at radius 3 is 2.08 bits per heavy atom. The van der Waals surface area contributed by atoms with E-state index in [0.29, 0.717) is 31.0 Å². The van der Waals surface area contributed by atoms with Crippen molar-refractivity contribution in [3.05, 3.63) is 125 Å². The van der Waals surface area contributed by atoms with E-state index in [4.69, 9.17) is 9.47 Å². The molecule has 0 aromatic heterocycles. The number of aryl methyl sites for hydroxylation is 1. The number of hydrogen-bond acceptors (Lipinski definition) is 4. The SMILES string of the molecule is CCN(Cc1cc(C)ccc1-c1cc(CC(=O)O)ccc1OCc1ccccc1)C(=O)OCc1ccccc1. The van der Waals surface area contributed by atoms with Crippen LogP contribution in [0.4, 0.5) is 4.79 Å². The monoisotopic (exact) mass is 523 g/mol. The molecule has 0 atom stereocenters. The molecule has 4 aromatic rings. The number of ether oxygens (including phenoxy) is 2. The number of carboxylic acid groups (broad SMARTS) is 1. The second kappa shape index (κ2) is 13.3. The summed E-state index contributed by atoms with van der Waals surface area (Å²) in [7, 11) is 0. The highest BCUT2D eigenvalue weighted by Gasteiger charge is 2.19. The minimum Gasteiger partial charge on any atom is -0.488 e. The molecule has 0 aliphatic heterocycles. The molecule has 0 aliphatic carbocycles. The van der Waals surface area contributed by atoms with Crippen molar-refractivity contribution in [1.29, 1.82) is 0 Å². The lowest BCUT2D eigenvalue weighted by molar-refractivity contribution is -0.136. The van der Waals surface area contributed by atoms with Gasteiger partial charge in [0.2, 0.25) is 0 Å². The molecule has 0 saturated carbocycles. The molecule has 0 heterocycles. The molecule has 1 N–H and O–H groups in total. The summed E-state index contributed by atoms with van der Waals surface area (Å²) < 4.78 is 11.8. The second-order valence-electron chi connectivity index (χ2n) is 9.39. The van der Waals surface area contributed by atoms with Crippen LogP contribution in [0.3, 0.4) is 0 Å². The predicted octanol–water partition coefficient (Wildman–Crippen LogP) is 7.03. The van der Waals surface area contributed by atoms with Crippen LogP contribution in [0.2, 0.25) is 0 Å². The Morgan fingerprint density at radius 2 is 1.44 bits per heavy atom. The zero-order valence-corrected chi connectivity index (χ0v) is 22.3. The molecule has 0 spiro atoms. The Morgan fingerprint density at radius 1 is 0.769 bits per heavy atom. The van der Waals surface area contributed by atoms with Gasteiger partial charge in [-0.1, -0.05) is 90.5 Å². The average molecular weight is 524 g/mol. The normalized spacial score (nSPS) is 10.6. The Balaban J connectivity index is 1.63. The lowest BCUT2D eigenvalue weighted by Gasteiger charge is -2.23.